The summed E-state index contributed by atoms with van der Waals surface area (Å²) in [6.07, 6.45) is 2.43. The number of likely N-dealkylation sites (tertiary alicyclic amines) is 1. The van der Waals surface area contributed by atoms with Crippen LogP contribution >= 0.6 is 0 Å². The van der Waals surface area contributed by atoms with Gasteiger partial charge in [0.15, 0.2) is 5.69 Å². The van der Waals surface area contributed by atoms with E-state index >= 15 is 0 Å². The standard InChI is InChI=1S/C24H32N4O3/c1-17-13-22(29)23(25-28(17)21-7-5-4-6-8-21)24(30)27-11-9-20(10-12-27)16-26-14-18(2)31-19(3)15-26/h4-8,13,18-20H,9-12,14-16H2,1-3H3. The van der Waals surface area contributed by atoms with Crippen molar-refractivity contribution in [2.75, 3.05) is 32.7 Å². The summed E-state index contributed by atoms with van der Waals surface area (Å²) in [5.74, 6) is 0.301. The van der Waals surface area contributed by atoms with E-state index in [1.165, 1.54) is 6.07 Å². The number of hydrogen-bond acceptors (Lipinski definition) is 5. The van der Waals surface area contributed by atoms with Crippen LogP contribution in [-0.2, 0) is 4.74 Å². The molecule has 2 saturated heterocycles. The first-order valence-electron chi connectivity index (χ1n) is 11.2. The van der Waals surface area contributed by atoms with Gasteiger partial charge in [0.25, 0.3) is 5.91 Å². The number of benzene rings is 1. The van der Waals surface area contributed by atoms with Gasteiger partial charge in [-0.15, -0.1) is 0 Å². The Morgan fingerprint density at radius 3 is 2.39 bits per heavy atom. The van der Waals surface area contributed by atoms with Gasteiger partial charge in [-0.05, 0) is 51.7 Å². The molecule has 0 N–H and O–H groups in total. The molecule has 4 rings (SSSR count). The van der Waals surface area contributed by atoms with Crippen molar-refractivity contribution in [3.8, 4) is 5.69 Å². The second kappa shape index (κ2) is 9.32. The average molecular weight is 425 g/mol. The number of piperidine rings is 1. The molecule has 2 aromatic rings. The number of hydrogen-bond donors (Lipinski definition) is 0. The normalized spacial score (nSPS) is 23.1. The lowest BCUT2D eigenvalue weighted by atomic mass is 9.95. The maximum absolute atomic E-state index is 13.1. The quantitative estimate of drug-likeness (QED) is 0.754. The number of amides is 1. The summed E-state index contributed by atoms with van der Waals surface area (Å²) >= 11 is 0. The highest BCUT2D eigenvalue weighted by atomic mass is 16.5. The van der Waals surface area contributed by atoms with Gasteiger partial charge in [-0.1, -0.05) is 18.2 Å². The number of nitrogens with zero attached hydrogens (tertiary/aromatic N) is 4. The van der Waals surface area contributed by atoms with Crippen molar-refractivity contribution >= 4 is 5.91 Å². The first-order chi connectivity index (χ1) is 14.9. The van der Waals surface area contributed by atoms with E-state index in [9.17, 15) is 9.59 Å². The number of carbonyl (C=O) groups is 1. The number of aromatic nitrogens is 2. The Hall–Kier alpha value is -2.51. The Labute approximate surface area is 183 Å². The molecule has 2 atom stereocenters. The zero-order chi connectivity index (χ0) is 22.0. The fourth-order valence-corrected chi connectivity index (χ4v) is 4.79. The molecule has 0 saturated carbocycles. The van der Waals surface area contributed by atoms with Crippen LogP contribution in [0.5, 0.6) is 0 Å². The summed E-state index contributed by atoms with van der Waals surface area (Å²) in [6.45, 7) is 10.4. The predicted octanol–water partition coefficient (Wildman–Crippen LogP) is 2.50. The number of para-hydroxylation sites is 1. The zero-order valence-corrected chi connectivity index (χ0v) is 18.7. The van der Waals surface area contributed by atoms with Gasteiger partial charge in [0, 0.05) is 44.5 Å². The van der Waals surface area contributed by atoms with E-state index in [2.05, 4.69) is 23.8 Å². The highest BCUT2D eigenvalue weighted by molar-refractivity contribution is 5.92. The fourth-order valence-electron chi connectivity index (χ4n) is 4.79. The second-order valence-corrected chi connectivity index (χ2v) is 8.96. The van der Waals surface area contributed by atoms with E-state index in [0.717, 1.165) is 38.2 Å². The van der Waals surface area contributed by atoms with Gasteiger partial charge >= 0.3 is 0 Å². The van der Waals surface area contributed by atoms with E-state index in [0.29, 0.717) is 24.7 Å². The van der Waals surface area contributed by atoms with Gasteiger partial charge < -0.3 is 9.64 Å². The van der Waals surface area contributed by atoms with E-state index in [1.807, 2.05) is 37.3 Å². The lowest BCUT2D eigenvalue weighted by molar-refractivity contribution is -0.0728. The minimum Gasteiger partial charge on any atom is -0.373 e. The van der Waals surface area contributed by atoms with Crippen LogP contribution in [0.15, 0.2) is 41.2 Å². The Morgan fingerprint density at radius 2 is 1.74 bits per heavy atom. The summed E-state index contributed by atoms with van der Waals surface area (Å²) < 4.78 is 7.50. The lowest BCUT2D eigenvalue weighted by Crippen LogP contribution is -2.49. The number of rotatable bonds is 4. The molecule has 1 amide bonds. The van der Waals surface area contributed by atoms with Crippen molar-refractivity contribution in [2.24, 2.45) is 5.92 Å². The maximum Gasteiger partial charge on any atom is 0.278 e. The van der Waals surface area contributed by atoms with Gasteiger partial charge in [-0.25, -0.2) is 4.68 Å². The van der Waals surface area contributed by atoms with Crippen LogP contribution in [0.4, 0.5) is 0 Å². The molecule has 166 valence electrons. The molecule has 2 unspecified atom stereocenters. The smallest absolute Gasteiger partial charge is 0.278 e. The number of morpholine rings is 1. The molecule has 0 bridgehead atoms. The monoisotopic (exact) mass is 424 g/mol. The molecule has 2 aliphatic rings. The van der Waals surface area contributed by atoms with Crippen molar-refractivity contribution in [3.63, 3.8) is 0 Å². The number of carbonyl (C=O) groups excluding carboxylic acids is 1. The predicted molar refractivity (Wildman–Crippen MR) is 120 cm³/mol. The minimum atomic E-state index is -0.312. The molecular weight excluding hydrogens is 392 g/mol. The molecule has 2 fully saturated rings. The zero-order valence-electron chi connectivity index (χ0n) is 18.7. The lowest BCUT2D eigenvalue weighted by Gasteiger charge is -2.39. The Bertz CT molecular complexity index is 957. The first-order valence-corrected chi connectivity index (χ1v) is 11.2. The Balaban J connectivity index is 1.41. The van der Waals surface area contributed by atoms with Crippen LogP contribution in [0.1, 0.15) is 42.9 Å². The molecule has 0 spiro atoms. The number of aryl methyl sites for hydroxylation is 1. The van der Waals surface area contributed by atoms with Crippen molar-refractivity contribution in [3.05, 3.63) is 58.0 Å². The summed E-state index contributed by atoms with van der Waals surface area (Å²) in [5.41, 5.74) is 1.24. The van der Waals surface area contributed by atoms with Gasteiger partial charge in [0.2, 0.25) is 5.43 Å². The Kier molecular flexibility index (Phi) is 6.53. The van der Waals surface area contributed by atoms with Crippen LogP contribution in [0.2, 0.25) is 0 Å². The third-order valence-electron chi connectivity index (χ3n) is 6.22. The first kappa shape index (κ1) is 21.7. The van der Waals surface area contributed by atoms with Crippen molar-refractivity contribution < 1.29 is 9.53 Å². The SMILES string of the molecule is Cc1cc(=O)c(C(=O)N2CCC(CN3CC(C)OC(C)C3)CC2)nn1-c1ccccc1. The van der Waals surface area contributed by atoms with Crippen LogP contribution in [0.25, 0.3) is 5.69 Å². The van der Waals surface area contributed by atoms with Crippen molar-refractivity contribution in [1.82, 2.24) is 19.6 Å². The summed E-state index contributed by atoms with van der Waals surface area (Å²) in [6, 6.07) is 11.1. The van der Waals surface area contributed by atoms with E-state index < -0.39 is 0 Å². The van der Waals surface area contributed by atoms with E-state index in [-0.39, 0.29) is 29.2 Å². The second-order valence-electron chi connectivity index (χ2n) is 8.96. The summed E-state index contributed by atoms with van der Waals surface area (Å²) in [7, 11) is 0. The number of ether oxygens (including phenoxy) is 1. The largest absolute Gasteiger partial charge is 0.373 e. The van der Waals surface area contributed by atoms with Crippen LogP contribution < -0.4 is 5.43 Å². The maximum atomic E-state index is 13.1. The topological polar surface area (TPSA) is 67.7 Å². The molecule has 0 radical (unpaired) electrons. The highest BCUT2D eigenvalue weighted by Crippen LogP contribution is 2.22. The molecule has 0 aliphatic carbocycles. The average Bonchev–Trinajstić information content (AvgIpc) is 2.74. The molecular formula is C24H32N4O3. The molecule has 1 aromatic heterocycles. The third-order valence-corrected chi connectivity index (χ3v) is 6.22. The van der Waals surface area contributed by atoms with E-state index in [4.69, 9.17) is 4.74 Å². The van der Waals surface area contributed by atoms with E-state index in [1.54, 1.807) is 9.58 Å². The molecule has 31 heavy (non-hydrogen) atoms. The van der Waals surface area contributed by atoms with Crippen LogP contribution in [-0.4, -0.2) is 70.4 Å². The molecule has 2 aliphatic heterocycles. The summed E-state index contributed by atoms with van der Waals surface area (Å²) in [5, 5.41) is 4.44. The van der Waals surface area contributed by atoms with Crippen molar-refractivity contribution in [2.45, 2.75) is 45.8 Å². The summed E-state index contributed by atoms with van der Waals surface area (Å²) in [4.78, 5) is 29.9. The molecule has 7 heteroatoms. The highest BCUT2D eigenvalue weighted by Gasteiger charge is 2.29. The van der Waals surface area contributed by atoms with Gasteiger partial charge in [0.05, 0.1) is 17.9 Å². The Morgan fingerprint density at radius 1 is 1.10 bits per heavy atom. The molecule has 7 nitrogen and oxygen atoms in total. The molecule has 1 aromatic carbocycles. The van der Waals surface area contributed by atoms with Crippen LogP contribution in [0, 0.1) is 12.8 Å². The minimum absolute atomic E-state index is 0.00346. The van der Waals surface area contributed by atoms with Gasteiger partial charge in [0.1, 0.15) is 0 Å². The van der Waals surface area contributed by atoms with Crippen molar-refractivity contribution in [1.29, 1.82) is 0 Å². The van der Waals surface area contributed by atoms with Gasteiger partial charge in [-0.2, -0.15) is 5.10 Å². The van der Waals surface area contributed by atoms with Gasteiger partial charge in [-0.3, -0.25) is 14.5 Å². The fraction of sp³-hybridized carbons (Fsp3) is 0.542. The third kappa shape index (κ3) is 5.05. The van der Waals surface area contributed by atoms with Crippen LogP contribution in [0.3, 0.4) is 0 Å². The molecule has 3 heterocycles.